The zero-order valence-electron chi connectivity index (χ0n) is 10.8. The Labute approximate surface area is 111 Å². The Morgan fingerprint density at radius 2 is 2.06 bits per heavy atom. The maximum absolute atomic E-state index is 13.1. The van der Waals surface area contributed by atoms with Crippen molar-refractivity contribution in [3.63, 3.8) is 0 Å². The van der Waals surface area contributed by atoms with E-state index in [1.54, 1.807) is 17.4 Å². The lowest BCUT2D eigenvalue weighted by Gasteiger charge is -2.08. The molecule has 1 aromatic heterocycles. The molecular weight excluding hydrogens is 247 g/mol. The van der Waals surface area contributed by atoms with Crippen molar-refractivity contribution in [3.8, 4) is 0 Å². The molecule has 0 fully saturated rings. The summed E-state index contributed by atoms with van der Waals surface area (Å²) in [4.78, 5) is 1.25. The Morgan fingerprint density at radius 1 is 1.22 bits per heavy atom. The first-order valence-electron chi connectivity index (χ1n) is 6.27. The van der Waals surface area contributed by atoms with Gasteiger partial charge in [0.2, 0.25) is 0 Å². The van der Waals surface area contributed by atoms with Gasteiger partial charge in [-0.15, -0.1) is 11.3 Å². The van der Waals surface area contributed by atoms with E-state index < -0.39 is 0 Å². The summed E-state index contributed by atoms with van der Waals surface area (Å²) in [5, 5.41) is 7.87. The standard InChI is InChI=1S/C14H19FN2S/c1-10(2)17-6-5-16-9-13-7-11-3-4-12(15)8-14(11)18-13/h3-4,7-8,10,16-17H,5-6,9H2,1-2H3. The van der Waals surface area contributed by atoms with E-state index in [0.29, 0.717) is 6.04 Å². The summed E-state index contributed by atoms with van der Waals surface area (Å²) in [5.41, 5.74) is 0. The minimum atomic E-state index is -0.162. The molecule has 0 aliphatic carbocycles. The van der Waals surface area contributed by atoms with Crippen molar-refractivity contribution in [1.29, 1.82) is 0 Å². The Hall–Kier alpha value is -0.970. The zero-order chi connectivity index (χ0) is 13.0. The molecule has 2 N–H and O–H groups in total. The van der Waals surface area contributed by atoms with E-state index >= 15 is 0 Å². The van der Waals surface area contributed by atoms with Gasteiger partial charge in [0, 0.05) is 35.3 Å². The summed E-state index contributed by atoms with van der Waals surface area (Å²) in [6.45, 7) is 7.04. The lowest BCUT2D eigenvalue weighted by atomic mass is 10.2. The molecule has 0 atom stereocenters. The van der Waals surface area contributed by atoms with Gasteiger partial charge in [0.05, 0.1) is 0 Å². The Bertz CT molecular complexity index is 507. The largest absolute Gasteiger partial charge is 0.313 e. The summed E-state index contributed by atoms with van der Waals surface area (Å²) in [5.74, 6) is -0.162. The summed E-state index contributed by atoms with van der Waals surface area (Å²) in [6.07, 6.45) is 0. The van der Waals surface area contributed by atoms with Crippen molar-refractivity contribution in [2.45, 2.75) is 26.4 Å². The number of thiophene rings is 1. The smallest absolute Gasteiger partial charge is 0.124 e. The van der Waals surface area contributed by atoms with E-state index in [1.807, 2.05) is 6.07 Å². The van der Waals surface area contributed by atoms with E-state index in [0.717, 1.165) is 29.7 Å². The molecule has 0 saturated carbocycles. The second-order valence-electron chi connectivity index (χ2n) is 4.68. The second kappa shape index (κ2) is 6.27. The highest BCUT2D eigenvalue weighted by Gasteiger charge is 2.02. The molecule has 0 radical (unpaired) electrons. The van der Waals surface area contributed by atoms with E-state index in [-0.39, 0.29) is 5.82 Å². The van der Waals surface area contributed by atoms with E-state index in [4.69, 9.17) is 0 Å². The van der Waals surface area contributed by atoms with Crippen LogP contribution in [0.3, 0.4) is 0 Å². The van der Waals surface area contributed by atoms with Crippen molar-refractivity contribution >= 4 is 21.4 Å². The molecule has 18 heavy (non-hydrogen) atoms. The normalized spacial score (nSPS) is 11.6. The van der Waals surface area contributed by atoms with Gasteiger partial charge in [0.1, 0.15) is 5.82 Å². The molecule has 2 rings (SSSR count). The van der Waals surface area contributed by atoms with Gasteiger partial charge in [-0.3, -0.25) is 0 Å². The molecule has 4 heteroatoms. The molecule has 0 aliphatic heterocycles. The Kier molecular flexibility index (Phi) is 4.69. The highest BCUT2D eigenvalue weighted by molar-refractivity contribution is 7.19. The molecule has 0 amide bonds. The third kappa shape index (κ3) is 3.77. The number of nitrogens with one attached hydrogen (secondary N) is 2. The minimum Gasteiger partial charge on any atom is -0.313 e. The van der Waals surface area contributed by atoms with Crippen molar-refractivity contribution in [2.75, 3.05) is 13.1 Å². The monoisotopic (exact) mass is 266 g/mol. The number of hydrogen-bond acceptors (Lipinski definition) is 3. The van der Waals surface area contributed by atoms with E-state index in [2.05, 4.69) is 30.5 Å². The molecule has 2 nitrogen and oxygen atoms in total. The van der Waals surface area contributed by atoms with Crippen molar-refractivity contribution in [1.82, 2.24) is 10.6 Å². The van der Waals surface area contributed by atoms with Crippen molar-refractivity contribution < 1.29 is 4.39 Å². The number of hydrogen-bond donors (Lipinski definition) is 2. The first-order chi connectivity index (χ1) is 8.65. The molecule has 0 saturated heterocycles. The maximum Gasteiger partial charge on any atom is 0.124 e. The van der Waals surface area contributed by atoms with Crippen LogP contribution < -0.4 is 10.6 Å². The molecule has 0 unspecified atom stereocenters. The predicted octanol–water partition coefficient (Wildman–Crippen LogP) is 3.13. The van der Waals surface area contributed by atoms with E-state index in [1.165, 1.54) is 10.9 Å². The topological polar surface area (TPSA) is 24.1 Å². The minimum absolute atomic E-state index is 0.162. The molecule has 2 aromatic rings. The lowest BCUT2D eigenvalue weighted by molar-refractivity contribution is 0.557. The van der Waals surface area contributed by atoms with Gasteiger partial charge in [0.15, 0.2) is 0 Å². The highest BCUT2D eigenvalue weighted by Crippen LogP contribution is 2.26. The van der Waals surface area contributed by atoms with Gasteiger partial charge < -0.3 is 10.6 Å². The summed E-state index contributed by atoms with van der Waals surface area (Å²) < 4.78 is 14.1. The van der Waals surface area contributed by atoms with Crippen molar-refractivity contribution in [3.05, 3.63) is 35.0 Å². The molecule has 98 valence electrons. The number of benzene rings is 1. The van der Waals surface area contributed by atoms with Crippen LogP contribution in [0.5, 0.6) is 0 Å². The van der Waals surface area contributed by atoms with Crippen LogP contribution >= 0.6 is 11.3 Å². The van der Waals surface area contributed by atoms with E-state index in [9.17, 15) is 4.39 Å². The van der Waals surface area contributed by atoms with Gasteiger partial charge >= 0.3 is 0 Å². The van der Waals surface area contributed by atoms with Crippen LogP contribution in [0, 0.1) is 5.82 Å². The SMILES string of the molecule is CC(C)NCCNCc1cc2ccc(F)cc2s1. The quantitative estimate of drug-likeness (QED) is 0.785. The maximum atomic E-state index is 13.1. The molecular formula is C14H19FN2S. The number of fused-ring (bicyclic) bond motifs is 1. The van der Waals surface area contributed by atoms with Gasteiger partial charge in [-0.05, 0) is 23.6 Å². The summed E-state index contributed by atoms with van der Waals surface area (Å²) in [6, 6.07) is 7.61. The Balaban J connectivity index is 1.84. The Morgan fingerprint density at radius 3 is 2.83 bits per heavy atom. The van der Waals surface area contributed by atoms with Crippen LogP contribution in [0.4, 0.5) is 4.39 Å². The first kappa shape index (κ1) is 13.5. The molecule has 1 heterocycles. The fourth-order valence-corrected chi connectivity index (χ4v) is 2.87. The predicted molar refractivity (Wildman–Crippen MR) is 76.6 cm³/mol. The number of halogens is 1. The fraction of sp³-hybridized carbons (Fsp3) is 0.429. The van der Waals surface area contributed by atoms with Gasteiger partial charge in [0.25, 0.3) is 0 Å². The van der Waals surface area contributed by atoms with Crippen LogP contribution in [0.1, 0.15) is 18.7 Å². The average Bonchev–Trinajstić information content (AvgIpc) is 2.70. The van der Waals surface area contributed by atoms with Crippen LogP contribution in [-0.4, -0.2) is 19.1 Å². The van der Waals surface area contributed by atoms with Crippen LogP contribution in [0.15, 0.2) is 24.3 Å². The summed E-state index contributed by atoms with van der Waals surface area (Å²) in [7, 11) is 0. The van der Waals surface area contributed by atoms with Gasteiger partial charge in [-0.2, -0.15) is 0 Å². The molecule has 0 spiro atoms. The third-order valence-electron chi connectivity index (χ3n) is 2.69. The second-order valence-corrected chi connectivity index (χ2v) is 5.85. The van der Waals surface area contributed by atoms with Crippen LogP contribution in [-0.2, 0) is 6.54 Å². The first-order valence-corrected chi connectivity index (χ1v) is 7.09. The van der Waals surface area contributed by atoms with Crippen LogP contribution in [0.25, 0.3) is 10.1 Å². The zero-order valence-corrected chi connectivity index (χ0v) is 11.6. The third-order valence-corrected chi connectivity index (χ3v) is 3.78. The average molecular weight is 266 g/mol. The van der Waals surface area contributed by atoms with Crippen molar-refractivity contribution in [2.24, 2.45) is 0 Å². The van der Waals surface area contributed by atoms with Gasteiger partial charge in [-0.25, -0.2) is 4.39 Å². The highest BCUT2D eigenvalue weighted by atomic mass is 32.1. The summed E-state index contributed by atoms with van der Waals surface area (Å²) >= 11 is 1.65. The van der Waals surface area contributed by atoms with Gasteiger partial charge in [-0.1, -0.05) is 19.9 Å². The number of rotatable bonds is 6. The molecule has 0 bridgehead atoms. The van der Waals surface area contributed by atoms with Crippen LogP contribution in [0.2, 0.25) is 0 Å². The fourth-order valence-electron chi connectivity index (χ4n) is 1.81. The molecule has 0 aliphatic rings. The molecule has 1 aromatic carbocycles. The lowest BCUT2D eigenvalue weighted by Crippen LogP contribution is -2.31.